The van der Waals surface area contributed by atoms with E-state index >= 15 is 0 Å². The number of nitrogens with zero attached hydrogens (tertiary/aromatic N) is 3. The van der Waals surface area contributed by atoms with Crippen molar-refractivity contribution in [3.8, 4) is 5.69 Å². The van der Waals surface area contributed by atoms with Gasteiger partial charge in [-0.2, -0.15) is 0 Å². The molecule has 1 aliphatic rings. The molecule has 4 rings (SSSR count). The molecule has 1 aliphatic heterocycles. The third-order valence-electron chi connectivity index (χ3n) is 5.74. The number of methoxy groups -OCH3 is 1. The maximum atomic E-state index is 13.1. The number of nitrogens with one attached hydrogen (secondary N) is 1. The minimum atomic E-state index is -0.820. The molecule has 34 heavy (non-hydrogen) atoms. The van der Waals surface area contributed by atoms with E-state index in [9.17, 15) is 19.2 Å². The monoisotopic (exact) mass is 458 g/mol. The van der Waals surface area contributed by atoms with Crippen molar-refractivity contribution in [2.45, 2.75) is 20.8 Å². The first-order valence-corrected chi connectivity index (χ1v) is 10.4. The maximum Gasteiger partial charge on any atom is 0.338 e. The Hall–Kier alpha value is -4.53. The van der Waals surface area contributed by atoms with E-state index < -0.39 is 23.8 Å². The van der Waals surface area contributed by atoms with Gasteiger partial charge < -0.3 is 9.30 Å². The first kappa shape index (κ1) is 22.7. The summed E-state index contributed by atoms with van der Waals surface area (Å²) in [6.07, 6.45) is 4.37. The molecule has 0 saturated carbocycles. The van der Waals surface area contributed by atoms with E-state index in [1.807, 2.05) is 37.5 Å². The predicted molar refractivity (Wildman–Crippen MR) is 125 cm³/mol. The molecule has 1 N–H and O–H groups in total. The van der Waals surface area contributed by atoms with E-state index in [0.29, 0.717) is 16.8 Å². The summed E-state index contributed by atoms with van der Waals surface area (Å²) in [6.45, 7) is 5.56. The van der Waals surface area contributed by atoms with Crippen molar-refractivity contribution in [2.24, 2.45) is 0 Å². The predicted octanol–water partition coefficient (Wildman–Crippen LogP) is 3.25. The Bertz CT molecular complexity index is 1370. The van der Waals surface area contributed by atoms with Crippen molar-refractivity contribution in [3.05, 3.63) is 82.4 Å². The molecule has 172 valence electrons. The van der Waals surface area contributed by atoms with Crippen molar-refractivity contribution in [1.29, 1.82) is 0 Å². The standard InChI is InChI=1S/C25H22N4O5/c1-14-12-17(16(3)28(14)21-7-5-6-19(15(21)2)24(32)34-4)13-20-22(30)27-25(33)29(23(20)31)18-8-10-26-11-9-18/h5-13H,1-4H3,(H,27,30,33)/b20-13+. The van der Waals surface area contributed by atoms with E-state index in [1.54, 1.807) is 12.1 Å². The van der Waals surface area contributed by atoms with Gasteiger partial charge in [-0.25, -0.2) is 14.5 Å². The molecule has 0 atom stereocenters. The van der Waals surface area contributed by atoms with Gasteiger partial charge in [-0.1, -0.05) is 6.07 Å². The van der Waals surface area contributed by atoms with E-state index in [1.165, 1.54) is 37.7 Å². The van der Waals surface area contributed by atoms with Gasteiger partial charge in [0.2, 0.25) is 0 Å². The number of carbonyl (C=O) groups is 4. The Morgan fingerprint density at radius 1 is 1.06 bits per heavy atom. The second-order valence-electron chi connectivity index (χ2n) is 7.77. The molecule has 9 nitrogen and oxygen atoms in total. The lowest BCUT2D eigenvalue weighted by Crippen LogP contribution is -2.54. The van der Waals surface area contributed by atoms with Crippen LogP contribution < -0.4 is 10.2 Å². The number of urea groups is 1. The Labute approximate surface area is 195 Å². The molecular weight excluding hydrogens is 436 g/mol. The Morgan fingerprint density at radius 3 is 2.44 bits per heavy atom. The fourth-order valence-electron chi connectivity index (χ4n) is 4.04. The summed E-state index contributed by atoms with van der Waals surface area (Å²) in [6, 6.07) is 9.36. The van der Waals surface area contributed by atoms with Crippen LogP contribution in [0.4, 0.5) is 10.5 Å². The molecule has 1 saturated heterocycles. The lowest BCUT2D eigenvalue weighted by Gasteiger charge is -2.26. The summed E-state index contributed by atoms with van der Waals surface area (Å²) in [5.41, 5.74) is 4.30. The number of aryl methyl sites for hydroxylation is 1. The summed E-state index contributed by atoms with van der Waals surface area (Å²) in [5.74, 6) is -1.93. The van der Waals surface area contributed by atoms with E-state index in [-0.39, 0.29) is 5.57 Å². The van der Waals surface area contributed by atoms with Crippen molar-refractivity contribution < 1.29 is 23.9 Å². The van der Waals surface area contributed by atoms with Crippen molar-refractivity contribution >= 4 is 35.6 Å². The van der Waals surface area contributed by atoms with Crippen LogP contribution in [0, 0.1) is 20.8 Å². The van der Waals surface area contributed by atoms with Gasteiger partial charge in [0.25, 0.3) is 11.8 Å². The molecule has 1 aromatic carbocycles. The van der Waals surface area contributed by atoms with E-state index in [4.69, 9.17) is 4.74 Å². The summed E-state index contributed by atoms with van der Waals surface area (Å²) >= 11 is 0. The lowest BCUT2D eigenvalue weighted by molar-refractivity contribution is -0.122. The normalized spacial score (nSPS) is 15.0. The third kappa shape index (κ3) is 3.77. The van der Waals surface area contributed by atoms with Gasteiger partial charge in [-0.15, -0.1) is 0 Å². The number of barbiturate groups is 1. The number of benzene rings is 1. The number of hydrogen-bond acceptors (Lipinski definition) is 6. The molecule has 0 radical (unpaired) electrons. The highest BCUT2D eigenvalue weighted by Gasteiger charge is 2.37. The first-order valence-electron chi connectivity index (χ1n) is 10.4. The molecular formula is C25H22N4O5. The summed E-state index contributed by atoms with van der Waals surface area (Å²) in [4.78, 5) is 55.0. The molecule has 1 fully saturated rings. The Balaban J connectivity index is 1.79. The quantitative estimate of drug-likeness (QED) is 0.365. The van der Waals surface area contributed by atoms with E-state index in [2.05, 4.69) is 10.3 Å². The first-order chi connectivity index (χ1) is 16.2. The van der Waals surface area contributed by atoms with Crippen LogP contribution in [-0.2, 0) is 14.3 Å². The number of hydrogen-bond donors (Lipinski definition) is 1. The highest BCUT2D eigenvalue weighted by Crippen LogP contribution is 2.28. The van der Waals surface area contributed by atoms with Crippen LogP contribution in [0.25, 0.3) is 11.8 Å². The second-order valence-corrected chi connectivity index (χ2v) is 7.77. The van der Waals surface area contributed by atoms with Crippen LogP contribution in [0.15, 0.2) is 54.4 Å². The maximum absolute atomic E-state index is 13.1. The number of ether oxygens (including phenoxy) is 1. The SMILES string of the molecule is COC(=O)c1cccc(-n2c(C)cc(/C=C3\C(=O)NC(=O)N(c4ccncc4)C3=O)c2C)c1C. The summed E-state index contributed by atoms with van der Waals surface area (Å²) in [7, 11) is 1.33. The number of amides is 4. The molecule has 9 heteroatoms. The van der Waals surface area contributed by atoms with Crippen molar-refractivity contribution in [2.75, 3.05) is 12.0 Å². The molecule has 3 aromatic rings. The highest BCUT2D eigenvalue weighted by molar-refractivity contribution is 6.39. The van der Waals surface area contributed by atoms with Gasteiger partial charge in [0.1, 0.15) is 5.57 Å². The number of anilines is 1. The minimum absolute atomic E-state index is 0.170. The topological polar surface area (TPSA) is 111 Å². The van der Waals surface area contributed by atoms with Crippen LogP contribution in [0.1, 0.15) is 32.9 Å². The molecule has 0 bridgehead atoms. The number of pyridine rings is 1. The minimum Gasteiger partial charge on any atom is -0.465 e. The molecule has 3 heterocycles. The van der Waals surface area contributed by atoms with Gasteiger partial charge in [0.15, 0.2) is 0 Å². The van der Waals surface area contributed by atoms with Gasteiger partial charge in [0, 0.05) is 29.5 Å². The van der Waals surface area contributed by atoms with Gasteiger partial charge in [0.05, 0.1) is 18.4 Å². The molecule has 0 spiro atoms. The second kappa shape index (κ2) is 8.78. The molecule has 0 unspecified atom stereocenters. The number of esters is 1. The zero-order valence-electron chi connectivity index (χ0n) is 19.1. The van der Waals surface area contributed by atoms with Crippen LogP contribution in [0.3, 0.4) is 0 Å². The zero-order chi connectivity index (χ0) is 24.6. The van der Waals surface area contributed by atoms with Gasteiger partial charge >= 0.3 is 12.0 Å². The van der Waals surface area contributed by atoms with Gasteiger partial charge in [-0.05, 0) is 68.3 Å². The summed E-state index contributed by atoms with van der Waals surface area (Å²) < 4.78 is 6.81. The Kier molecular flexibility index (Phi) is 5.85. The van der Waals surface area contributed by atoms with Crippen LogP contribution in [0.5, 0.6) is 0 Å². The van der Waals surface area contributed by atoms with E-state index in [0.717, 1.165) is 27.5 Å². The zero-order valence-corrected chi connectivity index (χ0v) is 19.1. The third-order valence-corrected chi connectivity index (χ3v) is 5.74. The largest absolute Gasteiger partial charge is 0.465 e. The van der Waals surface area contributed by atoms with Crippen LogP contribution in [0.2, 0.25) is 0 Å². The molecule has 4 amide bonds. The fourth-order valence-corrected chi connectivity index (χ4v) is 4.04. The number of carbonyl (C=O) groups excluding carboxylic acids is 4. The van der Waals surface area contributed by atoms with Crippen LogP contribution in [-0.4, -0.2) is 40.5 Å². The summed E-state index contributed by atoms with van der Waals surface area (Å²) in [5, 5.41) is 2.22. The fraction of sp³-hybridized carbons (Fsp3) is 0.160. The van der Waals surface area contributed by atoms with Crippen LogP contribution >= 0.6 is 0 Å². The number of imide groups is 2. The average molecular weight is 458 g/mol. The number of rotatable bonds is 4. The average Bonchev–Trinajstić information content (AvgIpc) is 3.09. The van der Waals surface area contributed by atoms with Crippen molar-refractivity contribution in [3.63, 3.8) is 0 Å². The molecule has 0 aliphatic carbocycles. The van der Waals surface area contributed by atoms with Crippen molar-refractivity contribution in [1.82, 2.24) is 14.9 Å². The Morgan fingerprint density at radius 2 is 1.76 bits per heavy atom. The van der Waals surface area contributed by atoms with Gasteiger partial charge in [-0.3, -0.25) is 19.9 Å². The lowest BCUT2D eigenvalue weighted by atomic mass is 10.1. The molecule has 2 aromatic heterocycles. The number of aromatic nitrogens is 2. The smallest absolute Gasteiger partial charge is 0.338 e. The highest BCUT2D eigenvalue weighted by atomic mass is 16.5.